The standard InChI is InChI=1S/2C22H19N3O/c2*26-22(19-14-8-3-9-15-19)21-20(18-12-6-2-7-13-18)23-24-25(21)16-17-10-4-1-5-11-17/h2*1-15,22,26H,16H2/t2*22-/m10/s1. The number of aliphatic hydroxyl groups is 2. The van der Waals surface area contributed by atoms with E-state index in [-0.39, 0.29) is 0 Å². The van der Waals surface area contributed by atoms with Gasteiger partial charge >= 0.3 is 0 Å². The number of hydrogen-bond acceptors (Lipinski definition) is 6. The molecule has 52 heavy (non-hydrogen) atoms. The average Bonchev–Trinajstić information content (AvgIpc) is 3.84. The maximum atomic E-state index is 11.1. The fourth-order valence-corrected chi connectivity index (χ4v) is 6.12. The zero-order valence-electron chi connectivity index (χ0n) is 28.5. The van der Waals surface area contributed by atoms with Crippen molar-refractivity contribution in [2.24, 2.45) is 0 Å². The van der Waals surface area contributed by atoms with Crippen LogP contribution in [0, 0.1) is 0 Å². The molecule has 8 nitrogen and oxygen atoms in total. The molecule has 0 spiro atoms. The Balaban J connectivity index is 0.000000162. The van der Waals surface area contributed by atoms with Crippen molar-refractivity contribution < 1.29 is 10.2 Å². The van der Waals surface area contributed by atoms with Gasteiger partial charge in [-0.25, -0.2) is 9.36 Å². The van der Waals surface area contributed by atoms with Gasteiger partial charge in [0.25, 0.3) is 0 Å². The van der Waals surface area contributed by atoms with Crippen LogP contribution in [0.3, 0.4) is 0 Å². The second kappa shape index (κ2) is 16.5. The van der Waals surface area contributed by atoms with E-state index in [1.165, 1.54) is 0 Å². The minimum absolute atomic E-state index is 0.555. The van der Waals surface area contributed by atoms with E-state index in [0.29, 0.717) is 35.9 Å². The Bertz CT molecular complexity index is 2100. The van der Waals surface area contributed by atoms with E-state index < -0.39 is 12.2 Å². The minimum atomic E-state index is -0.801. The van der Waals surface area contributed by atoms with E-state index in [1.807, 2.05) is 182 Å². The number of aromatic nitrogens is 6. The fourth-order valence-electron chi connectivity index (χ4n) is 6.12. The summed E-state index contributed by atoms with van der Waals surface area (Å²) in [4.78, 5) is 0. The van der Waals surface area contributed by atoms with E-state index in [4.69, 9.17) is 0 Å². The molecule has 6 aromatic carbocycles. The van der Waals surface area contributed by atoms with Gasteiger partial charge in [0, 0.05) is 11.1 Å². The number of rotatable bonds is 10. The number of aliphatic hydroxyl groups excluding tert-OH is 2. The molecule has 0 bridgehead atoms. The molecule has 0 saturated heterocycles. The Hall–Kier alpha value is -6.48. The summed E-state index contributed by atoms with van der Waals surface area (Å²) in [5.41, 5.74) is 8.56. The lowest BCUT2D eigenvalue weighted by molar-refractivity contribution is 0.209. The van der Waals surface area contributed by atoms with Crippen LogP contribution in [0.25, 0.3) is 22.5 Å². The Labute approximate surface area is 302 Å². The first-order valence-electron chi connectivity index (χ1n) is 17.2. The zero-order chi connectivity index (χ0) is 35.5. The summed E-state index contributed by atoms with van der Waals surface area (Å²) >= 11 is 0. The lowest BCUT2D eigenvalue weighted by Gasteiger charge is -2.15. The highest BCUT2D eigenvalue weighted by Crippen LogP contribution is 2.32. The zero-order valence-corrected chi connectivity index (χ0v) is 28.5. The molecular weight excluding hydrogens is 645 g/mol. The lowest BCUT2D eigenvalue weighted by atomic mass is 10.0. The predicted molar refractivity (Wildman–Crippen MR) is 203 cm³/mol. The molecule has 0 fully saturated rings. The summed E-state index contributed by atoms with van der Waals surface area (Å²) in [7, 11) is 0. The molecule has 0 aliphatic carbocycles. The van der Waals surface area contributed by atoms with Crippen molar-refractivity contribution in [1.29, 1.82) is 0 Å². The second-order valence-corrected chi connectivity index (χ2v) is 12.3. The van der Waals surface area contributed by atoms with Gasteiger partial charge in [-0.05, 0) is 22.3 Å². The van der Waals surface area contributed by atoms with Gasteiger partial charge in [-0.2, -0.15) is 0 Å². The first-order valence-corrected chi connectivity index (χ1v) is 17.2. The lowest BCUT2D eigenvalue weighted by Crippen LogP contribution is -2.12. The first-order chi connectivity index (χ1) is 25.7. The van der Waals surface area contributed by atoms with Gasteiger partial charge in [0.2, 0.25) is 0 Å². The van der Waals surface area contributed by atoms with Crippen molar-refractivity contribution >= 4 is 0 Å². The monoisotopic (exact) mass is 682 g/mol. The molecule has 0 saturated carbocycles. The molecule has 0 aliphatic heterocycles. The van der Waals surface area contributed by atoms with Crippen LogP contribution in [0.1, 0.15) is 45.8 Å². The van der Waals surface area contributed by atoms with Crippen molar-refractivity contribution in [1.82, 2.24) is 30.0 Å². The van der Waals surface area contributed by atoms with Gasteiger partial charge in [0.1, 0.15) is 35.0 Å². The molecule has 8 heteroatoms. The van der Waals surface area contributed by atoms with Crippen LogP contribution in [-0.4, -0.2) is 40.2 Å². The van der Waals surface area contributed by atoms with Crippen molar-refractivity contribution in [3.05, 3.63) is 216 Å². The maximum absolute atomic E-state index is 11.1. The summed E-state index contributed by atoms with van der Waals surface area (Å²) in [5, 5.41) is 39.6. The van der Waals surface area contributed by atoms with Crippen molar-refractivity contribution in [2.75, 3.05) is 0 Å². The Morgan fingerprint density at radius 3 is 1.00 bits per heavy atom. The van der Waals surface area contributed by atoms with Gasteiger partial charge in [-0.3, -0.25) is 0 Å². The van der Waals surface area contributed by atoms with E-state index in [2.05, 4.69) is 20.6 Å². The predicted octanol–water partition coefficient (Wildman–Crippen LogP) is 8.15. The van der Waals surface area contributed by atoms with Crippen LogP contribution < -0.4 is 0 Å². The van der Waals surface area contributed by atoms with Crippen LogP contribution in [0.15, 0.2) is 182 Å². The Morgan fingerprint density at radius 1 is 0.385 bits per heavy atom. The maximum Gasteiger partial charge on any atom is 0.123 e. The number of benzene rings is 6. The molecule has 8 rings (SSSR count). The van der Waals surface area contributed by atoms with Gasteiger partial charge in [0.05, 0.1) is 13.1 Å². The molecule has 2 atom stereocenters. The molecule has 8 aromatic rings. The molecule has 2 aromatic heterocycles. The molecule has 0 aliphatic rings. The van der Waals surface area contributed by atoms with Crippen LogP contribution in [0.2, 0.25) is 0 Å². The molecular formula is C44H38N6O2. The normalized spacial score (nSPS) is 12.0. The van der Waals surface area contributed by atoms with Gasteiger partial charge in [0.15, 0.2) is 0 Å². The summed E-state index contributed by atoms with van der Waals surface area (Å²) < 4.78 is 3.57. The smallest absolute Gasteiger partial charge is 0.123 e. The van der Waals surface area contributed by atoms with Gasteiger partial charge in [-0.15, -0.1) is 10.2 Å². The quantitative estimate of drug-likeness (QED) is 0.151. The van der Waals surface area contributed by atoms with Gasteiger partial charge in [-0.1, -0.05) is 192 Å². The number of hydrogen-bond donors (Lipinski definition) is 2. The van der Waals surface area contributed by atoms with Crippen molar-refractivity contribution in [3.63, 3.8) is 0 Å². The molecule has 2 heterocycles. The largest absolute Gasteiger partial charge is 0.382 e. The summed E-state index contributed by atoms with van der Waals surface area (Å²) in [5.74, 6) is 0. The highest BCUT2D eigenvalue weighted by molar-refractivity contribution is 5.63. The van der Waals surface area contributed by atoms with Gasteiger partial charge < -0.3 is 10.2 Å². The minimum Gasteiger partial charge on any atom is -0.382 e. The SMILES string of the molecule is O[C@@H](c1ccccc1)c1c(-c2ccccc2)nnn1Cc1ccccc1.O[C@H](c1ccccc1)c1c(-c2ccccc2)nnn1Cc1ccccc1. The summed E-state index contributed by atoms with van der Waals surface area (Å²) in [6, 6.07) is 59.1. The third-order valence-corrected chi connectivity index (χ3v) is 8.74. The first kappa shape index (κ1) is 34.0. The highest BCUT2D eigenvalue weighted by atomic mass is 16.3. The third-order valence-electron chi connectivity index (χ3n) is 8.74. The summed E-state index contributed by atoms with van der Waals surface area (Å²) in [6.45, 7) is 1.11. The molecule has 0 radical (unpaired) electrons. The Kier molecular flexibility index (Phi) is 10.8. The van der Waals surface area contributed by atoms with Crippen molar-refractivity contribution in [3.8, 4) is 22.5 Å². The highest BCUT2D eigenvalue weighted by Gasteiger charge is 2.24. The van der Waals surface area contributed by atoms with Crippen LogP contribution in [0.5, 0.6) is 0 Å². The van der Waals surface area contributed by atoms with E-state index in [0.717, 1.165) is 33.4 Å². The molecule has 256 valence electrons. The second-order valence-electron chi connectivity index (χ2n) is 12.3. The number of nitrogens with zero attached hydrogens (tertiary/aromatic N) is 6. The van der Waals surface area contributed by atoms with E-state index in [9.17, 15) is 10.2 Å². The molecule has 2 N–H and O–H groups in total. The van der Waals surface area contributed by atoms with E-state index in [1.54, 1.807) is 9.36 Å². The molecule has 0 amide bonds. The van der Waals surface area contributed by atoms with Crippen molar-refractivity contribution in [2.45, 2.75) is 25.3 Å². The fraction of sp³-hybridized carbons (Fsp3) is 0.0909. The third kappa shape index (κ3) is 7.94. The van der Waals surface area contributed by atoms with Crippen LogP contribution in [-0.2, 0) is 13.1 Å². The van der Waals surface area contributed by atoms with Crippen LogP contribution in [0.4, 0.5) is 0 Å². The Morgan fingerprint density at radius 2 is 0.673 bits per heavy atom. The van der Waals surface area contributed by atoms with Crippen LogP contribution >= 0.6 is 0 Å². The molecule has 0 unspecified atom stereocenters. The van der Waals surface area contributed by atoms with E-state index >= 15 is 0 Å². The average molecular weight is 683 g/mol. The summed E-state index contributed by atoms with van der Waals surface area (Å²) in [6.07, 6.45) is -1.60. The topological polar surface area (TPSA) is 102 Å².